The molecule has 1 aromatic heterocycles. The third-order valence-corrected chi connectivity index (χ3v) is 5.16. The van der Waals surface area contributed by atoms with Gasteiger partial charge in [-0.1, -0.05) is 24.3 Å². The van der Waals surface area contributed by atoms with Crippen LogP contribution in [0, 0.1) is 13.8 Å². The van der Waals surface area contributed by atoms with Crippen molar-refractivity contribution >= 4 is 5.91 Å². The van der Waals surface area contributed by atoms with Crippen LogP contribution >= 0.6 is 0 Å². The smallest absolute Gasteiger partial charge is 0.242 e. The Bertz CT molecular complexity index is 801. The van der Waals surface area contributed by atoms with E-state index in [0.717, 1.165) is 36.3 Å². The largest absolute Gasteiger partial charge is 0.350 e. The topological polar surface area (TPSA) is 57.3 Å². The van der Waals surface area contributed by atoms with Gasteiger partial charge in [0.05, 0.1) is 0 Å². The summed E-state index contributed by atoms with van der Waals surface area (Å²) < 4.78 is 0. The van der Waals surface area contributed by atoms with Crippen LogP contribution in [0.5, 0.6) is 0 Å². The molecule has 138 valence electrons. The standard InChI is InChI=1S/C21H28N4O/c1-14-7-5-6-8-17(14)20(25(3)4)21(26)24-13-19-15(2)23-12-16-11-22-10-9-18(16)19/h5-8,12,20,22H,9-11,13H2,1-4H3,(H,24,26)/t20-/m0/s1. The molecular formula is C21H28N4O. The summed E-state index contributed by atoms with van der Waals surface area (Å²) in [7, 11) is 3.89. The molecule has 5 nitrogen and oxygen atoms in total. The molecule has 1 aliphatic rings. The first-order valence-corrected chi connectivity index (χ1v) is 9.15. The molecule has 0 saturated heterocycles. The lowest BCUT2D eigenvalue weighted by Gasteiger charge is -2.26. The summed E-state index contributed by atoms with van der Waals surface area (Å²) in [5.74, 6) is 0.0234. The quantitative estimate of drug-likeness (QED) is 0.867. The molecule has 1 atom stereocenters. The molecule has 2 N–H and O–H groups in total. The van der Waals surface area contributed by atoms with Crippen molar-refractivity contribution in [2.24, 2.45) is 0 Å². The minimum atomic E-state index is -0.300. The van der Waals surface area contributed by atoms with Crippen molar-refractivity contribution in [3.8, 4) is 0 Å². The Labute approximate surface area is 155 Å². The molecule has 1 amide bonds. The summed E-state index contributed by atoms with van der Waals surface area (Å²) >= 11 is 0. The number of aryl methyl sites for hydroxylation is 2. The van der Waals surface area contributed by atoms with Crippen LogP contribution in [0.15, 0.2) is 30.5 Å². The molecule has 0 fully saturated rings. The van der Waals surface area contributed by atoms with Crippen LogP contribution in [-0.4, -0.2) is 36.4 Å². The summed E-state index contributed by atoms with van der Waals surface area (Å²) in [6.45, 7) is 6.42. The Balaban J connectivity index is 1.81. The van der Waals surface area contributed by atoms with Gasteiger partial charge in [0.25, 0.3) is 0 Å². The molecular weight excluding hydrogens is 324 g/mol. The number of hydrogen-bond donors (Lipinski definition) is 2. The van der Waals surface area contributed by atoms with E-state index in [9.17, 15) is 4.79 Å². The lowest BCUT2D eigenvalue weighted by atomic mass is 9.95. The molecule has 0 aliphatic carbocycles. The third kappa shape index (κ3) is 3.79. The lowest BCUT2D eigenvalue weighted by Crippen LogP contribution is -2.37. The van der Waals surface area contributed by atoms with Crippen molar-refractivity contribution < 1.29 is 4.79 Å². The first kappa shape index (κ1) is 18.5. The molecule has 0 bridgehead atoms. The van der Waals surface area contributed by atoms with Gasteiger partial charge in [0, 0.05) is 25.0 Å². The number of nitrogens with zero attached hydrogens (tertiary/aromatic N) is 2. The SMILES string of the molecule is Cc1ccccc1[C@@H](C(=O)NCc1c(C)ncc2c1CCNC2)N(C)C. The van der Waals surface area contributed by atoms with Crippen LogP contribution in [0.2, 0.25) is 0 Å². The average molecular weight is 352 g/mol. The van der Waals surface area contributed by atoms with E-state index in [0.29, 0.717) is 6.54 Å². The number of rotatable bonds is 5. The Morgan fingerprint density at radius 3 is 2.81 bits per heavy atom. The Hall–Kier alpha value is -2.24. The number of nitrogens with one attached hydrogen (secondary N) is 2. The van der Waals surface area contributed by atoms with Gasteiger partial charge in [-0.25, -0.2) is 0 Å². The number of pyridine rings is 1. The second-order valence-corrected chi connectivity index (χ2v) is 7.19. The van der Waals surface area contributed by atoms with Crippen molar-refractivity contribution in [3.63, 3.8) is 0 Å². The van der Waals surface area contributed by atoms with Crippen molar-refractivity contribution in [1.82, 2.24) is 20.5 Å². The van der Waals surface area contributed by atoms with Gasteiger partial charge in [0.1, 0.15) is 6.04 Å². The molecule has 0 radical (unpaired) electrons. The summed E-state index contributed by atoms with van der Waals surface area (Å²) in [6, 6.07) is 7.77. The van der Waals surface area contributed by atoms with E-state index < -0.39 is 0 Å². The fraction of sp³-hybridized carbons (Fsp3) is 0.429. The van der Waals surface area contributed by atoms with E-state index in [-0.39, 0.29) is 11.9 Å². The normalized spacial score (nSPS) is 14.8. The van der Waals surface area contributed by atoms with Gasteiger partial charge in [-0.05, 0) is 68.7 Å². The lowest BCUT2D eigenvalue weighted by molar-refractivity contribution is -0.126. The first-order chi connectivity index (χ1) is 12.5. The van der Waals surface area contributed by atoms with E-state index >= 15 is 0 Å². The number of benzene rings is 1. The molecule has 2 aromatic rings. The number of carbonyl (C=O) groups excluding carboxylic acids is 1. The maximum absolute atomic E-state index is 13.0. The molecule has 5 heteroatoms. The number of hydrogen-bond acceptors (Lipinski definition) is 4. The third-order valence-electron chi connectivity index (χ3n) is 5.16. The van der Waals surface area contributed by atoms with Gasteiger partial charge >= 0.3 is 0 Å². The van der Waals surface area contributed by atoms with Gasteiger partial charge in [0.15, 0.2) is 0 Å². The first-order valence-electron chi connectivity index (χ1n) is 9.15. The zero-order valence-corrected chi connectivity index (χ0v) is 16.1. The highest BCUT2D eigenvalue weighted by atomic mass is 16.2. The van der Waals surface area contributed by atoms with Crippen LogP contribution in [-0.2, 0) is 24.3 Å². The molecule has 0 saturated carbocycles. The summed E-state index contributed by atoms with van der Waals surface area (Å²) in [4.78, 5) is 19.5. The summed E-state index contributed by atoms with van der Waals surface area (Å²) in [6.07, 6.45) is 2.94. The maximum Gasteiger partial charge on any atom is 0.242 e. The van der Waals surface area contributed by atoms with E-state index in [1.165, 1.54) is 16.7 Å². The molecule has 1 aliphatic heterocycles. The predicted molar refractivity (Wildman–Crippen MR) is 104 cm³/mol. The van der Waals surface area contributed by atoms with E-state index in [2.05, 4.69) is 15.6 Å². The molecule has 0 spiro atoms. The van der Waals surface area contributed by atoms with Gasteiger partial charge in [-0.3, -0.25) is 14.7 Å². The molecule has 2 heterocycles. The van der Waals surface area contributed by atoms with Gasteiger partial charge in [-0.15, -0.1) is 0 Å². The van der Waals surface area contributed by atoms with Crippen molar-refractivity contribution in [3.05, 3.63) is 64.0 Å². The van der Waals surface area contributed by atoms with Crippen LogP contribution in [0.3, 0.4) is 0 Å². The van der Waals surface area contributed by atoms with Gasteiger partial charge < -0.3 is 10.6 Å². The van der Waals surface area contributed by atoms with Crippen molar-refractivity contribution in [2.45, 2.75) is 39.4 Å². The van der Waals surface area contributed by atoms with E-state index in [4.69, 9.17) is 0 Å². The Kier molecular flexibility index (Phi) is 5.69. The van der Waals surface area contributed by atoms with Gasteiger partial charge in [-0.2, -0.15) is 0 Å². The Morgan fingerprint density at radius 1 is 1.31 bits per heavy atom. The van der Waals surface area contributed by atoms with Crippen molar-refractivity contribution in [2.75, 3.05) is 20.6 Å². The number of aromatic nitrogens is 1. The maximum atomic E-state index is 13.0. The number of amides is 1. The summed E-state index contributed by atoms with van der Waals surface area (Å²) in [5, 5.41) is 6.54. The highest BCUT2D eigenvalue weighted by Gasteiger charge is 2.25. The van der Waals surface area contributed by atoms with Crippen LogP contribution in [0.1, 0.15) is 39.6 Å². The highest BCUT2D eigenvalue weighted by molar-refractivity contribution is 5.83. The summed E-state index contributed by atoms with van der Waals surface area (Å²) in [5.41, 5.74) is 6.93. The average Bonchev–Trinajstić information content (AvgIpc) is 2.62. The van der Waals surface area contributed by atoms with E-state index in [1.807, 2.05) is 63.3 Å². The minimum Gasteiger partial charge on any atom is -0.350 e. The fourth-order valence-corrected chi connectivity index (χ4v) is 3.70. The highest BCUT2D eigenvalue weighted by Crippen LogP contribution is 2.23. The Morgan fingerprint density at radius 2 is 2.08 bits per heavy atom. The van der Waals surface area contributed by atoms with Crippen LogP contribution in [0.4, 0.5) is 0 Å². The monoisotopic (exact) mass is 352 g/mol. The second kappa shape index (κ2) is 7.98. The van der Waals surface area contributed by atoms with Gasteiger partial charge in [0.2, 0.25) is 5.91 Å². The zero-order valence-electron chi connectivity index (χ0n) is 16.1. The number of fused-ring (bicyclic) bond motifs is 1. The molecule has 26 heavy (non-hydrogen) atoms. The second-order valence-electron chi connectivity index (χ2n) is 7.19. The zero-order chi connectivity index (χ0) is 18.7. The predicted octanol–water partition coefficient (Wildman–Crippen LogP) is 2.26. The molecule has 3 rings (SSSR count). The van der Waals surface area contributed by atoms with Crippen molar-refractivity contribution in [1.29, 1.82) is 0 Å². The molecule has 1 aromatic carbocycles. The molecule has 0 unspecified atom stereocenters. The van der Waals surface area contributed by atoms with Crippen LogP contribution in [0.25, 0.3) is 0 Å². The minimum absolute atomic E-state index is 0.0234. The fourth-order valence-electron chi connectivity index (χ4n) is 3.70. The van der Waals surface area contributed by atoms with Crippen LogP contribution < -0.4 is 10.6 Å². The number of likely N-dealkylation sites (N-methyl/N-ethyl adjacent to an activating group) is 1. The van der Waals surface area contributed by atoms with E-state index in [1.54, 1.807) is 0 Å². The number of carbonyl (C=O) groups is 1.